The second-order valence-corrected chi connectivity index (χ2v) is 6.00. The van der Waals surface area contributed by atoms with Gasteiger partial charge in [-0.3, -0.25) is 0 Å². The minimum Gasteiger partial charge on any atom is -0.135 e. The quantitative estimate of drug-likeness (QED) is 0.597. The molecule has 2 aromatic rings. The van der Waals surface area contributed by atoms with Gasteiger partial charge in [0.05, 0.1) is 4.88 Å². The molecule has 0 bridgehead atoms. The summed E-state index contributed by atoms with van der Waals surface area (Å²) < 4.78 is 0. The largest absolute Gasteiger partial charge is 0.135 e. The van der Waals surface area contributed by atoms with Gasteiger partial charge in [-0.15, -0.1) is 11.3 Å². The van der Waals surface area contributed by atoms with Crippen molar-refractivity contribution >= 4 is 11.3 Å². The Bertz CT molecular complexity index is 528. The third-order valence-corrected chi connectivity index (χ3v) is 3.39. The predicted octanol–water partition coefficient (Wildman–Crippen LogP) is 4.45. The Morgan fingerprint density at radius 3 is 2.18 bits per heavy atom. The van der Waals surface area contributed by atoms with Crippen molar-refractivity contribution in [1.82, 2.24) is 0 Å². The molecule has 0 N–H and O–H groups in total. The molecular weight excluding hydrogens is 224 g/mol. The molecule has 2 rings (SSSR count). The van der Waals surface area contributed by atoms with Crippen LogP contribution >= 0.6 is 11.3 Å². The van der Waals surface area contributed by atoms with Crippen molar-refractivity contribution in [3.63, 3.8) is 0 Å². The fraction of sp³-hybridized carbons (Fsp3) is 0.250. The monoisotopic (exact) mass is 240 g/mol. The molecule has 0 spiro atoms. The molecule has 0 amide bonds. The molecule has 1 aromatic heterocycles. The lowest BCUT2D eigenvalue weighted by molar-refractivity contribution is 0.590. The summed E-state index contributed by atoms with van der Waals surface area (Å²) in [5, 5.41) is 2.05. The molecule has 0 saturated heterocycles. The first-order chi connectivity index (χ1) is 8.05. The minimum absolute atomic E-state index is 0.208. The molecule has 0 aliphatic rings. The summed E-state index contributed by atoms with van der Waals surface area (Å²) in [4.78, 5) is 1.12. The number of benzene rings is 1. The summed E-state index contributed by atoms with van der Waals surface area (Å²) in [7, 11) is 0. The summed E-state index contributed by atoms with van der Waals surface area (Å²) in [6.45, 7) is 6.66. The standard InChI is InChI=1S/C16H16S/c1-16(2,3)14-9-6-13(7-10-14)8-11-15-5-4-12-17-15/h4-7,9-10,12H,1-3H3. The zero-order chi connectivity index (χ0) is 12.3. The molecule has 1 heteroatoms. The highest BCUT2D eigenvalue weighted by Crippen LogP contribution is 2.21. The Balaban J connectivity index is 2.19. The fourth-order valence-corrected chi connectivity index (χ4v) is 2.11. The van der Waals surface area contributed by atoms with Gasteiger partial charge in [0.25, 0.3) is 0 Å². The fourth-order valence-electron chi connectivity index (χ4n) is 1.54. The van der Waals surface area contributed by atoms with Gasteiger partial charge in [0.1, 0.15) is 0 Å². The zero-order valence-electron chi connectivity index (χ0n) is 10.4. The van der Waals surface area contributed by atoms with Crippen molar-refractivity contribution < 1.29 is 0 Å². The van der Waals surface area contributed by atoms with Crippen LogP contribution in [0.4, 0.5) is 0 Å². The van der Waals surface area contributed by atoms with Crippen LogP contribution in [0.25, 0.3) is 0 Å². The highest BCUT2D eigenvalue weighted by molar-refractivity contribution is 7.10. The van der Waals surface area contributed by atoms with Crippen molar-refractivity contribution in [2.75, 3.05) is 0 Å². The molecule has 0 aliphatic heterocycles. The highest BCUT2D eigenvalue weighted by Gasteiger charge is 2.12. The van der Waals surface area contributed by atoms with E-state index in [1.54, 1.807) is 11.3 Å². The van der Waals surface area contributed by atoms with E-state index in [1.807, 2.05) is 17.5 Å². The Labute approximate surface area is 107 Å². The van der Waals surface area contributed by atoms with Gasteiger partial charge in [-0.05, 0) is 34.6 Å². The van der Waals surface area contributed by atoms with E-state index in [1.165, 1.54) is 5.56 Å². The molecule has 0 unspecified atom stereocenters. The number of thiophene rings is 1. The van der Waals surface area contributed by atoms with Gasteiger partial charge in [-0.1, -0.05) is 50.8 Å². The smallest absolute Gasteiger partial charge is 0.0772 e. The maximum Gasteiger partial charge on any atom is 0.0772 e. The summed E-state index contributed by atoms with van der Waals surface area (Å²) in [6, 6.07) is 12.6. The van der Waals surface area contributed by atoms with Crippen LogP contribution in [0.2, 0.25) is 0 Å². The van der Waals surface area contributed by atoms with Crippen molar-refractivity contribution in [3.8, 4) is 11.8 Å². The van der Waals surface area contributed by atoms with E-state index in [0.717, 1.165) is 10.4 Å². The molecule has 0 radical (unpaired) electrons. The van der Waals surface area contributed by atoms with Gasteiger partial charge >= 0.3 is 0 Å². The van der Waals surface area contributed by atoms with Gasteiger partial charge in [-0.2, -0.15) is 0 Å². The number of hydrogen-bond donors (Lipinski definition) is 0. The molecule has 1 heterocycles. The minimum atomic E-state index is 0.208. The van der Waals surface area contributed by atoms with E-state index in [9.17, 15) is 0 Å². The van der Waals surface area contributed by atoms with Gasteiger partial charge < -0.3 is 0 Å². The Hall–Kier alpha value is -1.52. The van der Waals surface area contributed by atoms with Gasteiger partial charge in [0, 0.05) is 5.56 Å². The van der Waals surface area contributed by atoms with Gasteiger partial charge in [0.2, 0.25) is 0 Å². The van der Waals surface area contributed by atoms with Gasteiger partial charge in [0.15, 0.2) is 0 Å². The first-order valence-corrected chi connectivity index (χ1v) is 6.60. The van der Waals surface area contributed by atoms with Crippen LogP contribution in [0, 0.1) is 11.8 Å². The Morgan fingerprint density at radius 2 is 1.65 bits per heavy atom. The third-order valence-electron chi connectivity index (χ3n) is 2.60. The predicted molar refractivity (Wildman–Crippen MR) is 75.4 cm³/mol. The SMILES string of the molecule is CC(C)(C)c1ccc(C#Cc2cccs2)cc1. The number of hydrogen-bond acceptors (Lipinski definition) is 1. The first kappa shape index (κ1) is 12.0. The van der Waals surface area contributed by atoms with Crippen molar-refractivity contribution in [3.05, 3.63) is 57.8 Å². The normalized spacial score (nSPS) is 10.8. The molecule has 0 aliphatic carbocycles. The molecule has 86 valence electrons. The summed E-state index contributed by atoms with van der Waals surface area (Å²) in [6.07, 6.45) is 0. The van der Waals surface area contributed by atoms with E-state index in [0.29, 0.717) is 0 Å². The highest BCUT2D eigenvalue weighted by atomic mass is 32.1. The van der Waals surface area contributed by atoms with Crippen LogP contribution in [-0.4, -0.2) is 0 Å². The summed E-state index contributed by atoms with van der Waals surface area (Å²) in [5.74, 6) is 6.35. The maximum atomic E-state index is 3.19. The summed E-state index contributed by atoms with van der Waals surface area (Å²) >= 11 is 1.68. The first-order valence-electron chi connectivity index (χ1n) is 5.72. The molecule has 17 heavy (non-hydrogen) atoms. The van der Waals surface area contributed by atoms with Gasteiger partial charge in [-0.25, -0.2) is 0 Å². The van der Waals surface area contributed by atoms with E-state index in [4.69, 9.17) is 0 Å². The van der Waals surface area contributed by atoms with Crippen LogP contribution in [0.3, 0.4) is 0 Å². The lowest BCUT2D eigenvalue weighted by atomic mass is 9.87. The van der Waals surface area contributed by atoms with Crippen LogP contribution in [0.5, 0.6) is 0 Å². The van der Waals surface area contributed by atoms with E-state index < -0.39 is 0 Å². The second-order valence-electron chi connectivity index (χ2n) is 5.05. The average Bonchev–Trinajstić information content (AvgIpc) is 2.78. The average molecular weight is 240 g/mol. The van der Waals surface area contributed by atoms with E-state index in [-0.39, 0.29) is 5.41 Å². The van der Waals surface area contributed by atoms with Crippen molar-refractivity contribution in [1.29, 1.82) is 0 Å². The van der Waals surface area contributed by atoms with Crippen molar-refractivity contribution in [2.24, 2.45) is 0 Å². The maximum absolute atomic E-state index is 3.19. The third kappa shape index (κ3) is 3.22. The molecule has 0 fully saturated rings. The second kappa shape index (κ2) is 4.77. The molecule has 0 nitrogen and oxygen atoms in total. The lowest BCUT2D eigenvalue weighted by Crippen LogP contribution is -2.10. The van der Waals surface area contributed by atoms with E-state index in [2.05, 4.69) is 56.9 Å². The van der Waals surface area contributed by atoms with Crippen LogP contribution in [0.15, 0.2) is 41.8 Å². The summed E-state index contributed by atoms with van der Waals surface area (Å²) in [5.41, 5.74) is 2.63. The Kier molecular flexibility index (Phi) is 3.36. The lowest BCUT2D eigenvalue weighted by Gasteiger charge is -2.18. The van der Waals surface area contributed by atoms with Crippen molar-refractivity contribution in [2.45, 2.75) is 26.2 Å². The Morgan fingerprint density at radius 1 is 0.941 bits per heavy atom. The van der Waals surface area contributed by atoms with Crippen LogP contribution in [0.1, 0.15) is 36.8 Å². The van der Waals surface area contributed by atoms with Crippen LogP contribution < -0.4 is 0 Å². The molecule has 0 atom stereocenters. The van der Waals surface area contributed by atoms with E-state index >= 15 is 0 Å². The van der Waals surface area contributed by atoms with Crippen LogP contribution in [-0.2, 0) is 5.41 Å². The zero-order valence-corrected chi connectivity index (χ0v) is 11.3. The molecule has 0 saturated carbocycles. The topological polar surface area (TPSA) is 0 Å². The molecule has 1 aromatic carbocycles. The molecular formula is C16H16S. The number of rotatable bonds is 0.